The Labute approximate surface area is 154 Å². The summed E-state index contributed by atoms with van der Waals surface area (Å²) < 4.78 is 10.8. The predicted molar refractivity (Wildman–Crippen MR) is 98.0 cm³/mol. The maximum absolute atomic E-state index is 12.7. The molecule has 6 nitrogen and oxygen atoms in total. The van der Waals surface area contributed by atoms with Crippen LogP contribution in [0.5, 0.6) is 0 Å². The molecule has 0 saturated carbocycles. The molecule has 2 aliphatic rings. The molecule has 2 heterocycles. The molecule has 142 valence electrons. The van der Waals surface area contributed by atoms with Crippen LogP contribution in [0.4, 0.5) is 0 Å². The van der Waals surface area contributed by atoms with Gasteiger partial charge in [0.05, 0.1) is 12.6 Å². The molecule has 26 heavy (non-hydrogen) atoms. The Morgan fingerprint density at radius 2 is 1.92 bits per heavy atom. The fraction of sp³-hybridized carbons (Fsp3) is 0.600. The zero-order valence-electron chi connectivity index (χ0n) is 15.6. The van der Waals surface area contributed by atoms with Crippen molar-refractivity contribution in [1.29, 1.82) is 0 Å². The van der Waals surface area contributed by atoms with Gasteiger partial charge in [-0.1, -0.05) is 18.2 Å². The van der Waals surface area contributed by atoms with Gasteiger partial charge in [0, 0.05) is 38.3 Å². The Kier molecular flexibility index (Phi) is 6.27. The van der Waals surface area contributed by atoms with Crippen molar-refractivity contribution in [2.24, 2.45) is 5.92 Å². The maximum Gasteiger partial charge on any atom is 0.254 e. The van der Waals surface area contributed by atoms with Crippen molar-refractivity contribution < 1.29 is 19.1 Å². The standard InChI is InChI=1S/C20H28N2O4/c1-14-5-3-4-6-16(14)20(24)22-10-7-15(8-11-22)19(23)21-17-9-12-26-13-18(17)25-2/h3-6,15,17-18H,7-13H2,1-2H3,(H,21,23). The van der Waals surface area contributed by atoms with Crippen LogP contribution in [-0.2, 0) is 14.3 Å². The Hall–Kier alpha value is -1.92. The number of carbonyl (C=O) groups is 2. The fourth-order valence-corrected chi connectivity index (χ4v) is 3.74. The van der Waals surface area contributed by atoms with Gasteiger partial charge in [0.1, 0.15) is 6.10 Å². The molecule has 1 aromatic carbocycles. The number of carbonyl (C=O) groups excluding carboxylic acids is 2. The minimum atomic E-state index is -0.0876. The second kappa shape index (κ2) is 8.64. The van der Waals surface area contributed by atoms with Crippen LogP contribution in [0, 0.1) is 12.8 Å². The molecule has 0 radical (unpaired) electrons. The van der Waals surface area contributed by atoms with Gasteiger partial charge in [0.2, 0.25) is 5.91 Å². The first kappa shape index (κ1) is 18.9. The van der Waals surface area contributed by atoms with Crippen LogP contribution in [-0.4, -0.2) is 62.3 Å². The fourth-order valence-electron chi connectivity index (χ4n) is 3.74. The monoisotopic (exact) mass is 360 g/mol. The van der Waals surface area contributed by atoms with Gasteiger partial charge in [-0.25, -0.2) is 0 Å². The van der Waals surface area contributed by atoms with Crippen molar-refractivity contribution in [3.63, 3.8) is 0 Å². The van der Waals surface area contributed by atoms with Gasteiger partial charge in [0.15, 0.2) is 0 Å². The van der Waals surface area contributed by atoms with Crippen molar-refractivity contribution in [2.75, 3.05) is 33.4 Å². The number of hydrogen-bond acceptors (Lipinski definition) is 4. The number of nitrogens with zero attached hydrogens (tertiary/aromatic N) is 1. The molecule has 0 aromatic heterocycles. The highest BCUT2D eigenvalue weighted by Crippen LogP contribution is 2.21. The highest BCUT2D eigenvalue weighted by Gasteiger charge is 2.32. The van der Waals surface area contributed by atoms with E-state index in [0.717, 1.165) is 17.5 Å². The number of amides is 2. The molecule has 3 rings (SSSR count). The van der Waals surface area contributed by atoms with Gasteiger partial charge in [-0.3, -0.25) is 9.59 Å². The third-order valence-corrected chi connectivity index (χ3v) is 5.46. The Balaban J connectivity index is 1.52. The molecule has 2 aliphatic heterocycles. The van der Waals surface area contributed by atoms with E-state index in [1.807, 2.05) is 36.1 Å². The molecule has 1 N–H and O–H groups in total. The molecule has 2 amide bonds. The van der Waals surface area contributed by atoms with Gasteiger partial charge >= 0.3 is 0 Å². The molecule has 0 spiro atoms. The van der Waals surface area contributed by atoms with E-state index < -0.39 is 0 Å². The number of rotatable bonds is 4. The molecule has 2 fully saturated rings. The average molecular weight is 360 g/mol. The molecular formula is C20H28N2O4. The van der Waals surface area contributed by atoms with E-state index in [1.54, 1.807) is 7.11 Å². The van der Waals surface area contributed by atoms with Crippen LogP contribution >= 0.6 is 0 Å². The molecule has 2 atom stereocenters. The third-order valence-electron chi connectivity index (χ3n) is 5.46. The average Bonchev–Trinajstić information content (AvgIpc) is 2.68. The predicted octanol–water partition coefficient (Wildman–Crippen LogP) is 1.77. The molecular weight excluding hydrogens is 332 g/mol. The molecule has 2 unspecified atom stereocenters. The minimum absolute atomic E-state index is 0.00730. The van der Waals surface area contributed by atoms with E-state index in [0.29, 0.717) is 39.1 Å². The van der Waals surface area contributed by atoms with Crippen LogP contribution in [0.15, 0.2) is 24.3 Å². The van der Waals surface area contributed by atoms with E-state index in [2.05, 4.69) is 5.32 Å². The Morgan fingerprint density at radius 1 is 1.19 bits per heavy atom. The number of aryl methyl sites for hydroxylation is 1. The van der Waals surface area contributed by atoms with Crippen molar-refractivity contribution in [3.8, 4) is 0 Å². The smallest absolute Gasteiger partial charge is 0.254 e. The van der Waals surface area contributed by atoms with Gasteiger partial charge < -0.3 is 19.7 Å². The summed E-state index contributed by atoms with van der Waals surface area (Å²) in [5.41, 5.74) is 1.74. The van der Waals surface area contributed by atoms with Gasteiger partial charge in [-0.2, -0.15) is 0 Å². The van der Waals surface area contributed by atoms with Crippen molar-refractivity contribution in [1.82, 2.24) is 10.2 Å². The lowest BCUT2D eigenvalue weighted by atomic mass is 9.94. The van der Waals surface area contributed by atoms with Crippen LogP contribution in [0.1, 0.15) is 35.2 Å². The van der Waals surface area contributed by atoms with E-state index in [-0.39, 0.29) is 29.9 Å². The number of likely N-dealkylation sites (tertiary alicyclic amines) is 1. The molecule has 0 bridgehead atoms. The SMILES string of the molecule is COC1COCCC1NC(=O)C1CCN(C(=O)c2ccccc2C)CC1. The lowest BCUT2D eigenvalue weighted by molar-refractivity contribution is -0.130. The number of ether oxygens (including phenoxy) is 2. The van der Waals surface area contributed by atoms with Crippen LogP contribution < -0.4 is 5.32 Å². The van der Waals surface area contributed by atoms with Crippen LogP contribution in [0.2, 0.25) is 0 Å². The zero-order valence-corrected chi connectivity index (χ0v) is 15.6. The van der Waals surface area contributed by atoms with Crippen LogP contribution in [0.25, 0.3) is 0 Å². The van der Waals surface area contributed by atoms with Crippen molar-refractivity contribution in [3.05, 3.63) is 35.4 Å². The van der Waals surface area contributed by atoms with Gasteiger partial charge in [-0.05, 0) is 37.8 Å². The summed E-state index contributed by atoms with van der Waals surface area (Å²) in [4.78, 5) is 27.2. The molecule has 2 saturated heterocycles. The minimum Gasteiger partial charge on any atom is -0.379 e. The summed E-state index contributed by atoms with van der Waals surface area (Å²) in [6.07, 6.45) is 2.08. The lowest BCUT2D eigenvalue weighted by Crippen LogP contribution is -2.52. The van der Waals surface area contributed by atoms with Gasteiger partial charge in [-0.15, -0.1) is 0 Å². The molecule has 6 heteroatoms. The number of hydrogen-bond donors (Lipinski definition) is 1. The number of benzene rings is 1. The topological polar surface area (TPSA) is 67.9 Å². The maximum atomic E-state index is 12.7. The third kappa shape index (κ3) is 4.24. The number of nitrogens with one attached hydrogen (secondary N) is 1. The lowest BCUT2D eigenvalue weighted by Gasteiger charge is -2.35. The second-order valence-corrected chi connectivity index (χ2v) is 7.13. The van der Waals surface area contributed by atoms with E-state index in [1.165, 1.54) is 0 Å². The Morgan fingerprint density at radius 3 is 2.62 bits per heavy atom. The molecule has 1 aromatic rings. The van der Waals surface area contributed by atoms with Crippen molar-refractivity contribution in [2.45, 2.75) is 38.3 Å². The first-order chi connectivity index (χ1) is 12.6. The van der Waals surface area contributed by atoms with E-state index in [9.17, 15) is 9.59 Å². The summed E-state index contributed by atoms with van der Waals surface area (Å²) in [7, 11) is 1.65. The summed E-state index contributed by atoms with van der Waals surface area (Å²) in [6, 6.07) is 7.65. The first-order valence-electron chi connectivity index (χ1n) is 9.36. The summed E-state index contributed by atoms with van der Waals surface area (Å²) in [5, 5.41) is 3.13. The number of piperidine rings is 1. The number of methoxy groups -OCH3 is 1. The van der Waals surface area contributed by atoms with Gasteiger partial charge in [0.25, 0.3) is 5.91 Å². The second-order valence-electron chi connectivity index (χ2n) is 7.13. The summed E-state index contributed by atoms with van der Waals surface area (Å²) in [6.45, 7) is 4.35. The summed E-state index contributed by atoms with van der Waals surface area (Å²) in [5.74, 6) is 0.0871. The highest BCUT2D eigenvalue weighted by atomic mass is 16.5. The quantitative estimate of drug-likeness (QED) is 0.889. The van der Waals surface area contributed by atoms with E-state index in [4.69, 9.17) is 9.47 Å². The first-order valence-corrected chi connectivity index (χ1v) is 9.36. The summed E-state index contributed by atoms with van der Waals surface area (Å²) >= 11 is 0. The van der Waals surface area contributed by atoms with E-state index >= 15 is 0 Å². The van der Waals surface area contributed by atoms with Crippen molar-refractivity contribution >= 4 is 11.8 Å². The highest BCUT2D eigenvalue weighted by molar-refractivity contribution is 5.95. The largest absolute Gasteiger partial charge is 0.379 e. The molecule has 0 aliphatic carbocycles. The normalized spacial score (nSPS) is 24.3. The van der Waals surface area contributed by atoms with Crippen LogP contribution in [0.3, 0.4) is 0 Å². The Bertz CT molecular complexity index is 640. The zero-order chi connectivity index (χ0) is 18.5.